The molecule has 0 radical (unpaired) electrons. The van der Waals surface area contributed by atoms with Crippen molar-refractivity contribution in [3.05, 3.63) is 71.2 Å². The van der Waals surface area contributed by atoms with E-state index in [1.165, 1.54) is 0 Å². The fraction of sp³-hybridized carbons (Fsp3) is 0.286. The summed E-state index contributed by atoms with van der Waals surface area (Å²) in [5, 5.41) is 4.50. The summed E-state index contributed by atoms with van der Waals surface area (Å²) in [6, 6.07) is 13.4. The molecule has 1 aromatic carbocycles. The van der Waals surface area contributed by atoms with E-state index in [-0.39, 0.29) is 12.5 Å². The first-order chi connectivity index (χ1) is 13.6. The SMILES string of the molecule is COc1ccc(CN2CCn3nc(COc4cc(C)ccn4)cc3C2=O)cc1. The normalized spacial score (nSPS) is 13.4. The van der Waals surface area contributed by atoms with E-state index in [2.05, 4.69) is 10.1 Å². The monoisotopic (exact) mass is 378 g/mol. The highest BCUT2D eigenvalue weighted by atomic mass is 16.5. The Balaban J connectivity index is 1.43. The van der Waals surface area contributed by atoms with E-state index >= 15 is 0 Å². The molecule has 0 bridgehead atoms. The molecular formula is C21H22N4O3. The van der Waals surface area contributed by atoms with Crippen molar-refractivity contribution >= 4 is 5.91 Å². The third-order valence-corrected chi connectivity index (χ3v) is 4.71. The Hall–Kier alpha value is -3.35. The van der Waals surface area contributed by atoms with Gasteiger partial charge in [0.05, 0.1) is 13.7 Å². The van der Waals surface area contributed by atoms with Crippen molar-refractivity contribution in [3.63, 3.8) is 0 Å². The zero-order chi connectivity index (χ0) is 19.5. The van der Waals surface area contributed by atoms with Crippen LogP contribution in [0.1, 0.15) is 27.3 Å². The minimum Gasteiger partial charge on any atom is -0.497 e. The number of aromatic nitrogens is 3. The van der Waals surface area contributed by atoms with Crippen molar-refractivity contribution in [1.82, 2.24) is 19.7 Å². The lowest BCUT2D eigenvalue weighted by Crippen LogP contribution is -2.39. The minimum absolute atomic E-state index is 0.0190. The van der Waals surface area contributed by atoms with Crippen molar-refractivity contribution in [2.75, 3.05) is 13.7 Å². The van der Waals surface area contributed by atoms with Gasteiger partial charge in [0.25, 0.3) is 5.91 Å². The van der Waals surface area contributed by atoms with Gasteiger partial charge in [-0.15, -0.1) is 0 Å². The highest BCUT2D eigenvalue weighted by Gasteiger charge is 2.26. The predicted octanol–water partition coefficient (Wildman–Crippen LogP) is 2.83. The first-order valence-corrected chi connectivity index (χ1v) is 9.17. The average Bonchev–Trinajstić information content (AvgIpc) is 3.13. The summed E-state index contributed by atoms with van der Waals surface area (Å²) in [7, 11) is 1.64. The number of methoxy groups -OCH3 is 1. The van der Waals surface area contributed by atoms with Crippen LogP contribution in [0.3, 0.4) is 0 Å². The number of ether oxygens (including phenoxy) is 2. The van der Waals surface area contributed by atoms with Gasteiger partial charge in [0.2, 0.25) is 5.88 Å². The lowest BCUT2D eigenvalue weighted by atomic mass is 10.2. The molecule has 0 saturated carbocycles. The third kappa shape index (κ3) is 3.83. The van der Waals surface area contributed by atoms with Crippen molar-refractivity contribution < 1.29 is 14.3 Å². The lowest BCUT2D eigenvalue weighted by Gasteiger charge is -2.27. The second kappa shape index (κ2) is 7.72. The van der Waals surface area contributed by atoms with E-state index < -0.39 is 0 Å². The Kier molecular flexibility index (Phi) is 4.97. The number of nitrogens with zero attached hydrogens (tertiary/aromatic N) is 4. The Morgan fingerprint density at radius 1 is 1.11 bits per heavy atom. The van der Waals surface area contributed by atoms with E-state index in [4.69, 9.17) is 9.47 Å². The van der Waals surface area contributed by atoms with Gasteiger partial charge < -0.3 is 14.4 Å². The molecule has 144 valence electrons. The molecule has 0 aliphatic carbocycles. The molecule has 0 atom stereocenters. The molecule has 1 amide bonds. The van der Waals surface area contributed by atoms with E-state index in [0.29, 0.717) is 31.2 Å². The standard InChI is InChI=1S/C21H22N4O3/c1-15-7-8-22-20(11-15)28-14-17-12-19-21(26)24(9-10-25(19)23-17)13-16-3-5-18(27-2)6-4-16/h3-8,11-12H,9-10,13-14H2,1-2H3. The summed E-state index contributed by atoms with van der Waals surface area (Å²) >= 11 is 0. The molecule has 0 N–H and O–H groups in total. The number of aryl methyl sites for hydroxylation is 1. The maximum atomic E-state index is 12.9. The molecule has 2 aromatic heterocycles. The van der Waals surface area contributed by atoms with Crippen LogP contribution in [-0.2, 0) is 19.7 Å². The fourth-order valence-corrected chi connectivity index (χ4v) is 3.20. The molecule has 1 aliphatic rings. The second-order valence-electron chi connectivity index (χ2n) is 6.78. The van der Waals surface area contributed by atoms with Crippen molar-refractivity contribution in [2.45, 2.75) is 26.6 Å². The van der Waals surface area contributed by atoms with Crippen LogP contribution in [-0.4, -0.2) is 39.2 Å². The van der Waals surface area contributed by atoms with Crippen LogP contribution in [0.5, 0.6) is 11.6 Å². The number of hydrogen-bond acceptors (Lipinski definition) is 5. The van der Waals surface area contributed by atoms with Crippen molar-refractivity contribution in [2.24, 2.45) is 0 Å². The van der Waals surface area contributed by atoms with Crippen molar-refractivity contribution in [1.29, 1.82) is 0 Å². The number of carbonyl (C=O) groups excluding carboxylic acids is 1. The number of hydrogen-bond donors (Lipinski definition) is 0. The van der Waals surface area contributed by atoms with E-state index in [1.807, 2.05) is 48.2 Å². The summed E-state index contributed by atoms with van der Waals surface area (Å²) in [4.78, 5) is 18.9. The first-order valence-electron chi connectivity index (χ1n) is 9.17. The predicted molar refractivity (Wildman–Crippen MR) is 103 cm³/mol. The third-order valence-electron chi connectivity index (χ3n) is 4.71. The molecule has 3 aromatic rings. The number of benzene rings is 1. The van der Waals surface area contributed by atoms with Gasteiger partial charge in [0.15, 0.2) is 0 Å². The topological polar surface area (TPSA) is 69.5 Å². The summed E-state index contributed by atoms with van der Waals surface area (Å²) in [6.07, 6.45) is 1.71. The van der Waals surface area contributed by atoms with E-state index in [1.54, 1.807) is 24.1 Å². The second-order valence-corrected chi connectivity index (χ2v) is 6.78. The van der Waals surface area contributed by atoms with Crippen LogP contribution in [0.2, 0.25) is 0 Å². The number of carbonyl (C=O) groups is 1. The van der Waals surface area contributed by atoms with Gasteiger partial charge in [-0.05, 0) is 42.3 Å². The molecule has 0 unspecified atom stereocenters. The van der Waals surface area contributed by atoms with Gasteiger partial charge in [0, 0.05) is 25.4 Å². The lowest BCUT2D eigenvalue weighted by molar-refractivity contribution is 0.0683. The van der Waals surface area contributed by atoms with Gasteiger partial charge >= 0.3 is 0 Å². The summed E-state index contributed by atoms with van der Waals surface area (Å²) in [6.45, 7) is 4.12. The highest BCUT2D eigenvalue weighted by Crippen LogP contribution is 2.19. The number of pyridine rings is 1. The number of rotatable bonds is 6. The van der Waals surface area contributed by atoms with Crippen LogP contribution in [0.25, 0.3) is 0 Å². The number of fused-ring (bicyclic) bond motifs is 1. The highest BCUT2D eigenvalue weighted by molar-refractivity contribution is 5.93. The fourth-order valence-electron chi connectivity index (χ4n) is 3.20. The molecule has 0 saturated heterocycles. The van der Waals surface area contributed by atoms with Gasteiger partial charge in [-0.2, -0.15) is 5.10 Å². The maximum absolute atomic E-state index is 12.9. The van der Waals surface area contributed by atoms with E-state index in [0.717, 1.165) is 22.6 Å². The molecule has 0 spiro atoms. The average molecular weight is 378 g/mol. The number of amides is 1. The van der Waals surface area contributed by atoms with Crippen LogP contribution < -0.4 is 9.47 Å². The largest absolute Gasteiger partial charge is 0.497 e. The van der Waals surface area contributed by atoms with Crippen molar-refractivity contribution in [3.8, 4) is 11.6 Å². The Labute approximate surface area is 163 Å². The zero-order valence-electron chi connectivity index (χ0n) is 16.0. The van der Waals surface area contributed by atoms with E-state index in [9.17, 15) is 4.79 Å². The van der Waals surface area contributed by atoms with Crippen LogP contribution >= 0.6 is 0 Å². The van der Waals surface area contributed by atoms with Crippen LogP contribution in [0.4, 0.5) is 0 Å². The Morgan fingerprint density at radius 3 is 2.68 bits per heavy atom. The maximum Gasteiger partial charge on any atom is 0.272 e. The first kappa shape index (κ1) is 18.0. The zero-order valence-corrected chi connectivity index (χ0v) is 16.0. The Bertz CT molecular complexity index is 982. The quantitative estimate of drug-likeness (QED) is 0.660. The summed E-state index contributed by atoms with van der Waals surface area (Å²) in [5.41, 5.74) is 3.46. The van der Waals surface area contributed by atoms with Crippen LogP contribution in [0, 0.1) is 6.92 Å². The van der Waals surface area contributed by atoms with Crippen LogP contribution in [0.15, 0.2) is 48.7 Å². The minimum atomic E-state index is -0.0190. The molecule has 0 fully saturated rings. The Morgan fingerprint density at radius 2 is 1.93 bits per heavy atom. The summed E-state index contributed by atoms with van der Waals surface area (Å²) < 4.78 is 12.6. The molecule has 1 aliphatic heterocycles. The molecule has 7 nitrogen and oxygen atoms in total. The molecular weight excluding hydrogens is 356 g/mol. The molecule has 4 rings (SSSR count). The van der Waals surface area contributed by atoms with Gasteiger partial charge in [-0.3, -0.25) is 9.48 Å². The summed E-state index contributed by atoms with van der Waals surface area (Å²) in [5.74, 6) is 1.34. The molecule has 28 heavy (non-hydrogen) atoms. The van der Waals surface area contributed by atoms with Gasteiger partial charge in [-0.25, -0.2) is 4.98 Å². The van der Waals surface area contributed by atoms with Gasteiger partial charge in [0.1, 0.15) is 23.7 Å². The molecule has 3 heterocycles. The smallest absolute Gasteiger partial charge is 0.272 e. The molecule has 7 heteroatoms. The van der Waals surface area contributed by atoms with Gasteiger partial charge in [-0.1, -0.05) is 12.1 Å².